The second kappa shape index (κ2) is 50.3. The molecule has 0 aliphatic heterocycles. The molecule has 0 spiro atoms. The van der Waals surface area contributed by atoms with E-state index >= 15 is 0 Å². The predicted molar refractivity (Wildman–Crippen MR) is 339 cm³/mol. The number of aryl methyl sites for hydroxylation is 3. The molecule has 3 rings (SSSR count). The summed E-state index contributed by atoms with van der Waals surface area (Å²) in [5.41, 5.74) is 3.83. The van der Waals surface area contributed by atoms with E-state index in [2.05, 4.69) is 57.2 Å². The van der Waals surface area contributed by atoms with Crippen LogP contribution < -0.4 is 13.6 Å². The van der Waals surface area contributed by atoms with Gasteiger partial charge in [-0.3, -0.25) is 0 Å². The van der Waals surface area contributed by atoms with Gasteiger partial charge in [0.05, 0.1) is 0 Å². The number of phosphoric ester groups is 1. The molecule has 0 atom stereocenters. The second-order valence-corrected chi connectivity index (χ2v) is 25.3. The molecule has 0 unspecified atom stereocenters. The van der Waals surface area contributed by atoms with Crippen molar-refractivity contribution < 1.29 is 18.1 Å². The molecular formula is C72H123O4P. The van der Waals surface area contributed by atoms with Gasteiger partial charge in [-0.25, -0.2) is 0 Å². The maximum absolute atomic E-state index is 14.6. The summed E-state index contributed by atoms with van der Waals surface area (Å²) in [6, 6.07) is 24.1. The summed E-state index contributed by atoms with van der Waals surface area (Å²) in [6.07, 6.45) is 69.3. The van der Waals surface area contributed by atoms with Crippen LogP contribution in [0.25, 0.3) is 0 Å². The first-order valence-corrected chi connectivity index (χ1v) is 35.4. The molecule has 0 aromatic heterocycles. The molecule has 77 heavy (non-hydrogen) atoms. The average Bonchev–Trinajstić information content (AvgIpc) is 3.44. The predicted octanol–water partition coefficient (Wildman–Crippen LogP) is 25.7. The van der Waals surface area contributed by atoms with Crippen LogP contribution in [0.2, 0.25) is 0 Å². The topological polar surface area (TPSA) is 44.8 Å². The van der Waals surface area contributed by atoms with Gasteiger partial charge >= 0.3 is 7.82 Å². The Kier molecular flexibility index (Phi) is 44.8. The van der Waals surface area contributed by atoms with Crippen LogP contribution in [-0.2, 0) is 23.8 Å². The highest BCUT2D eigenvalue weighted by molar-refractivity contribution is 7.49. The minimum Gasteiger partial charge on any atom is -0.386 e. The lowest BCUT2D eigenvalue weighted by atomic mass is 10.0. The Labute approximate surface area is 478 Å². The SMILES string of the molecule is CCCCCCCCCCCCCCCCCCc1ccc(OP(=O)(Oc2ccc(CCCCCCCCCCCCCCCCCC)cc2)Oc2ccc(CCCCCCCCCCCCCCCCCC)cc2)cc1. The summed E-state index contributed by atoms with van der Waals surface area (Å²) in [4.78, 5) is 0. The molecule has 0 fully saturated rings. The van der Waals surface area contributed by atoms with E-state index in [1.807, 2.05) is 36.4 Å². The Morgan fingerprint density at radius 1 is 0.221 bits per heavy atom. The lowest BCUT2D eigenvalue weighted by Gasteiger charge is -2.20. The number of unbranched alkanes of at least 4 members (excludes halogenated alkanes) is 45. The highest BCUT2D eigenvalue weighted by Gasteiger charge is 2.33. The van der Waals surface area contributed by atoms with Crippen molar-refractivity contribution in [2.75, 3.05) is 0 Å². The van der Waals surface area contributed by atoms with E-state index in [-0.39, 0.29) is 0 Å². The zero-order chi connectivity index (χ0) is 54.6. The van der Waals surface area contributed by atoms with Crippen molar-refractivity contribution >= 4 is 7.82 Å². The van der Waals surface area contributed by atoms with Crippen LogP contribution in [0, 0.1) is 0 Å². The minimum atomic E-state index is -4.09. The molecule has 440 valence electrons. The molecule has 3 aromatic rings. The van der Waals surface area contributed by atoms with Crippen molar-refractivity contribution in [3.63, 3.8) is 0 Å². The van der Waals surface area contributed by atoms with Crippen LogP contribution in [0.4, 0.5) is 0 Å². The summed E-state index contributed by atoms with van der Waals surface area (Å²) in [5.74, 6) is 1.47. The Hall–Kier alpha value is -2.71. The van der Waals surface area contributed by atoms with Crippen molar-refractivity contribution in [3.05, 3.63) is 89.5 Å². The van der Waals surface area contributed by atoms with Crippen molar-refractivity contribution in [3.8, 4) is 17.2 Å². The fraction of sp³-hybridized carbons (Fsp3) is 0.750. The molecule has 0 saturated carbocycles. The van der Waals surface area contributed by atoms with Gasteiger partial charge in [-0.1, -0.05) is 346 Å². The largest absolute Gasteiger partial charge is 0.647 e. The maximum atomic E-state index is 14.6. The fourth-order valence-corrected chi connectivity index (χ4v) is 12.5. The van der Waals surface area contributed by atoms with Crippen molar-refractivity contribution in [1.82, 2.24) is 0 Å². The Balaban J connectivity index is 1.39. The first-order valence-electron chi connectivity index (χ1n) is 34.0. The van der Waals surface area contributed by atoms with E-state index in [1.54, 1.807) is 0 Å². The van der Waals surface area contributed by atoms with Gasteiger partial charge in [-0.2, -0.15) is 4.57 Å². The lowest BCUT2D eigenvalue weighted by molar-refractivity contribution is 0.298. The summed E-state index contributed by atoms with van der Waals surface area (Å²) in [7, 11) is -4.09. The van der Waals surface area contributed by atoms with E-state index in [9.17, 15) is 4.57 Å². The number of benzene rings is 3. The smallest absolute Gasteiger partial charge is 0.386 e. The highest BCUT2D eigenvalue weighted by Crippen LogP contribution is 2.50. The van der Waals surface area contributed by atoms with Crippen LogP contribution in [0.3, 0.4) is 0 Å². The highest BCUT2D eigenvalue weighted by atomic mass is 31.2. The minimum absolute atomic E-state index is 0.490. The molecule has 0 saturated heterocycles. The van der Waals surface area contributed by atoms with Crippen molar-refractivity contribution in [1.29, 1.82) is 0 Å². The standard InChI is InChI=1S/C72H123O4P/c1-4-7-10-13-16-19-22-25-28-31-34-37-40-43-46-49-52-67-55-61-70(62-56-67)74-77(73,75-71-63-57-68(58-64-71)53-50-47-44-41-38-35-32-29-26-23-20-17-14-11-8-5-2)76-72-65-59-69(60-66-72)54-51-48-45-42-39-36-33-30-27-24-21-18-15-12-9-6-3/h55-66H,4-54H2,1-3H3. The summed E-state index contributed by atoms with van der Waals surface area (Å²) in [5, 5.41) is 0. The van der Waals surface area contributed by atoms with Gasteiger partial charge in [0.1, 0.15) is 17.2 Å². The average molecular weight is 1080 g/mol. The van der Waals surface area contributed by atoms with Crippen LogP contribution in [-0.4, -0.2) is 0 Å². The third-order valence-corrected chi connectivity index (χ3v) is 17.7. The van der Waals surface area contributed by atoms with Crippen LogP contribution in [0.15, 0.2) is 72.8 Å². The molecule has 0 amide bonds. The zero-order valence-corrected chi connectivity index (χ0v) is 52.0. The van der Waals surface area contributed by atoms with Gasteiger partial charge in [0.2, 0.25) is 0 Å². The molecule has 0 bridgehead atoms. The van der Waals surface area contributed by atoms with Gasteiger partial charge in [0.25, 0.3) is 0 Å². The van der Waals surface area contributed by atoms with E-state index in [0.29, 0.717) is 17.2 Å². The van der Waals surface area contributed by atoms with Gasteiger partial charge < -0.3 is 13.6 Å². The Morgan fingerprint density at radius 3 is 0.519 bits per heavy atom. The van der Waals surface area contributed by atoms with Crippen LogP contribution in [0.5, 0.6) is 17.2 Å². The van der Waals surface area contributed by atoms with Gasteiger partial charge in [0.15, 0.2) is 0 Å². The zero-order valence-electron chi connectivity index (χ0n) is 51.1. The molecule has 0 heterocycles. The molecule has 0 aliphatic carbocycles. The molecule has 0 radical (unpaired) electrons. The first kappa shape index (κ1) is 68.6. The normalized spacial score (nSPS) is 11.7. The van der Waals surface area contributed by atoms with Gasteiger partial charge in [-0.15, -0.1) is 0 Å². The lowest BCUT2D eigenvalue weighted by Crippen LogP contribution is -2.08. The fourth-order valence-electron chi connectivity index (χ4n) is 11.2. The summed E-state index contributed by atoms with van der Waals surface area (Å²) < 4.78 is 33.2. The van der Waals surface area contributed by atoms with Gasteiger partial charge in [-0.05, 0) is 91.6 Å². The molecule has 4 nitrogen and oxygen atoms in total. The maximum Gasteiger partial charge on any atom is 0.647 e. The third kappa shape index (κ3) is 40.2. The van der Waals surface area contributed by atoms with E-state index in [0.717, 1.165) is 19.3 Å². The third-order valence-electron chi connectivity index (χ3n) is 16.4. The number of hydrogen-bond donors (Lipinski definition) is 0. The number of rotatable bonds is 57. The van der Waals surface area contributed by atoms with Crippen molar-refractivity contribution in [2.24, 2.45) is 0 Å². The molecule has 5 heteroatoms. The molecule has 0 N–H and O–H groups in total. The van der Waals surface area contributed by atoms with E-state index in [1.165, 1.54) is 325 Å². The second-order valence-electron chi connectivity index (χ2n) is 23.8. The quantitative estimate of drug-likeness (QED) is 0.0417. The van der Waals surface area contributed by atoms with Crippen molar-refractivity contribution in [2.45, 2.75) is 348 Å². The van der Waals surface area contributed by atoms with Crippen LogP contribution >= 0.6 is 7.82 Å². The van der Waals surface area contributed by atoms with E-state index in [4.69, 9.17) is 13.6 Å². The van der Waals surface area contributed by atoms with E-state index < -0.39 is 7.82 Å². The number of hydrogen-bond acceptors (Lipinski definition) is 4. The molecular weight excluding hydrogens is 960 g/mol. The van der Waals surface area contributed by atoms with Crippen LogP contribution in [0.1, 0.15) is 346 Å². The number of phosphoric acid groups is 1. The summed E-state index contributed by atoms with van der Waals surface area (Å²) in [6.45, 7) is 6.89. The summed E-state index contributed by atoms with van der Waals surface area (Å²) >= 11 is 0. The monoisotopic (exact) mass is 1080 g/mol. The van der Waals surface area contributed by atoms with Gasteiger partial charge in [0, 0.05) is 0 Å². The molecule has 0 aliphatic rings. The molecule has 3 aromatic carbocycles. The Morgan fingerprint density at radius 2 is 0.364 bits per heavy atom. The first-order chi connectivity index (χ1) is 38.0. The Bertz CT molecular complexity index is 1530.